The molecular weight excluding hydrogens is 289 g/mol. The zero-order chi connectivity index (χ0) is 10.7. The summed E-state index contributed by atoms with van der Waals surface area (Å²) in [6.45, 7) is 1.87. The van der Waals surface area contributed by atoms with Crippen LogP contribution in [0.2, 0.25) is 0 Å². The number of ketones is 1. The van der Waals surface area contributed by atoms with Gasteiger partial charge >= 0.3 is 0 Å². The molecule has 1 aromatic carbocycles. The van der Waals surface area contributed by atoms with Gasteiger partial charge in [-0.2, -0.15) is 0 Å². The van der Waals surface area contributed by atoms with Crippen LogP contribution in [-0.2, 0) is 0 Å². The third-order valence-corrected chi connectivity index (χ3v) is 3.33. The van der Waals surface area contributed by atoms with Crippen LogP contribution in [0.3, 0.4) is 0 Å². The first kappa shape index (κ1) is 13.7. The van der Waals surface area contributed by atoms with E-state index in [2.05, 4.69) is 21.2 Å². The van der Waals surface area contributed by atoms with Crippen LogP contribution < -0.4 is 5.32 Å². The first-order chi connectivity index (χ1) is 7.27. The molecule has 0 spiro atoms. The Bertz CT molecular complexity index is 347. The second-order valence-corrected chi connectivity index (χ2v) is 4.83. The maximum atomic E-state index is 12.1. The van der Waals surface area contributed by atoms with Crippen molar-refractivity contribution < 1.29 is 4.79 Å². The molecule has 88 valence electrons. The van der Waals surface area contributed by atoms with E-state index in [9.17, 15) is 4.79 Å². The molecule has 0 aliphatic carbocycles. The number of nitrogens with one attached hydrogen (secondary N) is 1. The van der Waals surface area contributed by atoms with E-state index in [1.165, 1.54) is 0 Å². The van der Waals surface area contributed by atoms with Crippen molar-refractivity contribution in [2.24, 2.45) is 5.92 Å². The molecule has 2 nitrogen and oxygen atoms in total. The summed E-state index contributed by atoms with van der Waals surface area (Å²) in [5.74, 6) is 0.439. The van der Waals surface area contributed by atoms with Crippen molar-refractivity contribution in [2.45, 2.75) is 12.8 Å². The smallest absolute Gasteiger partial charge is 0.167 e. The molecule has 1 heterocycles. The second-order valence-electron chi connectivity index (χ2n) is 3.91. The summed E-state index contributed by atoms with van der Waals surface area (Å²) in [6.07, 6.45) is 2.12. The van der Waals surface area contributed by atoms with Gasteiger partial charge in [0.15, 0.2) is 5.78 Å². The molecule has 0 saturated carbocycles. The Labute approximate surface area is 110 Å². The lowest BCUT2D eigenvalue weighted by Crippen LogP contribution is -2.34. The number of rotatable bonds is 2. The van der Waals surface area contributed by atoms with Gasteiger partial charge < -0.3 is 5.32 Å². The Kier molecular flexibility index (Phi) is 5.46. The molecule has 16 heavy (non-hydrogen) atoms. The molecule has 0 aromatic heterocycles. The standard InChI is InChI=1S/C12H14BrNO.ClH/c13-11-5-3-9(4-6-11)12(15)10-2-1-7-14-8-10;/h3-6,10,14H,1-2,7-8H2;1H. The Morgan fingerprint density at radius 2 is 2.00 bits per heavy atom. The number of benzene rings is 1. The molecule has 1 aliphatic heterocycles. The van der Waals surface area contributed by atoms with E-state index in [-0.39, 0.29) is 24.1 Å². The number of hydrogen-bond donors (Lipinski definition) is 1. The van der Waals surface area contributed by atoms with Gasteiger partial charge in [-0.1, -0.05) is 28.1 Å². The maximum Gasteiger partial charge on any atom is 0.167 e. The highest BCUT2D eigenvalue weighted by atomic mass is 79.9. The van der Waals surface area contributed by atoms with Crippen LogP contribution in [0.1, 0.15) is 23.2 Å². The number of halogens is 2. The van der Waals surface area contributed by atoms with Gasteiger partial charge in [0, 0.05) is 22.5 Å². The van der Waals surface area contributed by atoms with Gasteiger partial charge in [0.05, 0.1) is 0 Å². The van der Waals surface area contributed by atoms with Crippen molar-refractivity contribution in [3.63, 3.8) is 0 Å². The van der Waals surface area contributed by atoms with Gasteiger partial charge in [0.2, 0.25) is 0 Å². The first-order valence-electron chi connectivity index (χ1n) is 5.28. The number of carbonyl (C=O) groups is 1. The van der Waals surface area contributed by atoms with Crippen molar-refractivity contribution in [2.75, 3.05) is 13.1 Å². The quantitative estimate of drug-likeness (QED) is 0.851. The third-order valence-electron chi connectivity index (χ3n) is 2.80. The fourth-order valence-corrected chi connectivity index (χ4v) is 2.19. The summed E-state index contributed by atoms with van der Waals surface area (Å²) in [5.41, 5.74) is 0.826. The molecule has 0 radical (unpaired) electrons. The summed E-state index contributed by atoms with van der Waals surface area (Å²) < 4.78 is 1.01. The number of carbonyl (C=O) groups excluding carboxylic acids is 1. The minimum Gasteiger partial charge on any atom is -0.316 e. The van der Waals surface area contributed by atoms with Crippen molar-refractivity contribution in [1.82, 2.24) is 5.32 Å². The number of Topliss-reactive ketones (excluding diaryl/α,β-unsaturated/α-hetero) is 1. The van der Waals surface area contributed by atoms with Crippen molar-refractivity contribution in [1.29, 1.82) is 0 Å². The Morgan fingerprint density at radius 3 is 2.56 bits per heavy atom. The van der Waals surface area contributed by atoms with E-state index in [1.54, 1.807) is 0 Å². The topological polar surface area (TPSA) is 29.1 Å². The van der Waals surface area contributed by atoms with Crippen molar-refractivity contribution in [3.8, 4) is 0 Å². The predicted molar refractivity (Wildman–Crippen MR) is 71.3 cm³/mol. The highest BCUT2D eigenvalue weighted by Crippen LogP contribution is 2.18. The van der Waals surface area contributed by atoms with Crippen LogP contribution in [0.4, 0.5) is 0 Å². The van der Waals surface area contributed by atoms with Gasteiger partial charge in [-0.25, -0.2) is 0 Å². The van der Waals surface area contributed by atoms with Gasteiger partial charge in [0.25, 0.3) is 0 Å². The first-order valence-corrected chi connectivity index (χ1v) is 6.07. The van der Waals surface area contributed by atoms with E-state index >= 15 is 0 Å². The van der Waals surface area contributed by atoms with Gasteiger partial charge in [-0.15, -0.1) is 12.4 Å². The highest BCUT2D eigenvalue weighted by Gasteiger charge is 2.21. The average molecular weight is 305 g/mol. The van der Waals surface area contributed by atoms with Gasteiger partial charge in [-0.05, 0) is 31.5 Å². The van der Waals surface area contributed by atoms with E-state index in [4.69, 9.17) is 0 Å². The minimum absolute atomic E-state index is 0. The summed E-state index contributed by atoms with van der Waals surface area (Å²) in [6, 6.07) is 7.62. The molecule has 4 heteroatoms. The molecular formula is C12H15BrClNO. The van der Waals surface area contributed by atoms with Crippen molar-refractivity contribution >= 4 is 34.1 Å². The zero-order valence-corrected chi connectivity index (χ0v) is 11.3. The van der Waals surface area contributed by atoms with Crippen LogP contribution in [0, 0.1) is 5.92 Å². The van der Waals surface area contributed by atoms with E-state index in [0.29, 0.717) is 0 Å². The number of hydrogen-bond acceptors (Lipinski definition) is 2. The molecule has 1 unspecified atom stereocenters. The lowest BCUT2D eigenvalue weighted by atomic mass is 9.91. The largest absolute Gasteiger partial charge is 0.316 e. The maximum absolute atomic E-state index is 12.1. The molecule has 2 rings (SSSR count). The lowest BCUT2D eigenvalue weighted by Gasteiger charge is -2.21. The van der Waals surface area contributed by atoms with Gasteiger partial charge in [0.1, 0.15) is 0 Å². The summed E-state index contributed by atoms with van der Waals surface area (Å²) in [4.78, 5) is 12.1. The van der Waals surface area contributed by atoms with Crippen LogP contribution in [0.25, 0.3) is 0 Å². The second kappa shape index (κ2) is 6.38. The molecule has 0 amide bonds. The van der Waals surface area contributed by atoms with Crippen LogP contribution >= 0.6 is 28.3 Å². The van der Waals surface area contributed by atoms with Crippen molar-refractivity contribution in [3.05, 3.63) is 34.3 Å². The van der Waals surface area contributed by atoms with Gasteiger partial charge in [-0.3, -0.25) is 4.79 Å². The molecule has 1 saturated heterocycles. The molecule has 1 atom stereocenters. The Balaban J connectivity index is 0.00000128. The van der Waals surface area contributed by atoms with Crippen LogP contribution in [0.15, 0.2) is 28.7 Å². The molecule has 0 bridgehead atoms. The Morgan fingerprint density at radius 1 is 1.31 bits per heavy atom. The lowest BCUT2D eigenvalue weighted by molar-refractivity contribution is 0.0899. The van der Waals surface area contributed by atoms with E-state index in [1.807, 2.05) is 24.3 Å². The number of piperidine rings is 1. The fourth-order valence-electron chi connectivity index (χ4n) is 1.93. The third kappa shape index (κ3) is 3.30. The monoisotopic (exact) mass is 303 g/mol. The predicted octanol–water partition coefficient (Wildman–Crippen LogP) is 3.05. The van der Waals surface area contributed by atoms with E-state index < -0.39 is 0 Å². The SMILES string of the molecule is Cl.O=C(c1ccc(Br)cc1)C1CCCNC1. The molecule has 1 aromatic rings. The summed E-state index contributed by atoms with van der Waals surface area (Å²) in [7, 11) is 0. The van der Waals surface area contributed by atoms with Crippen LogP contribution in [0.5, 0.6) is 0 Å². The fraction of sp³-hybridized carbons (Fsp3) is 0.417. The molecule has 1 aliphatic rings. The molecule has 1 fully saturated rings. The summed E-state index contributed by atoms with van der Waals surface area (Å²) in [5, 5.41) is 3.27. The average Bonchev–Trinajstić information content (AvgIpc) is 2.30. The minimum atomic E-state index is 0. The normalized spacial score (nSPS) is 19.9. The van der Waals surface area contributed by atoms with E-state index in [0.717, 1.165) is 36.0 Å². The zero-order valence-electron chi connectivity index (χ0n) is 8.91. The Hall–Kier alpha value is -0.380. The molecule has 1 N–H and O–H groups in total. The van der Waals surface area contributed by atoms with Crippen LogP contribution in [-0.4, -0.2) is 18.9 Å². The highest BCUT2D eigenvalue weighted by molar-refractivity contribution is 9.10. The summed E-state index contributed by atoms with van der Waals surface area (Å²) >= 11 is 3.37.